The van der Waals surface area contributed by atoms with Crippen LogP contribution in [0.25, 0.3) is 21.9 Å². The number of hydrogen-bond donors (Lipinski definition) is 0. The summed E-state index contributed by atoms with van der Waals surface area (Å²) in [4.78, 5) is 0. The second-order valence-corrected chi connectivity index (χ2v) is 32.9. The maximum Gasteiger partial charge on any atom is 0.143 e. The summed E-state index contributed by atoms with van der Waals surface area (Å²) >= 11 is 0. The van der Waals surface area contributed by atoms with E-state index in [-0.39, 0.29) is 0 Å². The summed E-state index contributed by atoms with van der Waals surface area (Å²) in [5.74, 6) is 0. The molecule has 0 amide bonds. The zero-order valence-corrected chi connectivity index (χ0v) is 45.2. The van der Waals surface area contributed by atoms with Gasteiger partial charge >= 0.3 is 0 Å². The highest BCUT2D eigenvalue weighted by atomic mass is 31.2. The van der Waals surface area contributed by atoms with E-state index < -0.39 is 32.3 Å². The lowest BCUT2D eigenvalue weighted by molar-refractivity contribution is 0.617. The van der Waals surface area contributed by atoms with Gasteiger partial charge < -0.3 is 8.83 Å². The van der Waals surface area contributed by atoms with E-state index in [0.29, 0.717) is 0 Å². The molecule has 0 radical (unpaired) electrons. The largest absolute Gasteiger partial charge is 0.464 e. The molecule has 66 heavy (non-hydrogen) atoms. The molecular weight excluding hydrogens is 873 g/mol. The Morgan fingerprint density at radius 2 is 0.773 bits per heavy atom. The molecule has 0 spiro atoms. The van der Waals surface area contributed by atoms with Gasteiger partial charge in [0.2, 0.25) is 0 Å². The highest BCUT2D eigenvalue weighted by Gasteiger charge is 2.38. The molecule has 0 saturated heterocycles. The number of furan rings is 2. The molecule has 0 atom stereocenters. The normalized spacial score (nSPS) is 12.4. The van der Waals surface area contributed by atoms with Crippen LogP contribution >= 0.6 is 16.1 Å². The van der Waals surface area contributed by atoms with Crippen LogP contribution in [-0.2, 0) is 6.54 Å². The fourth-order valence-corrected chi connectivity index (χ4v) is 28.0. The van der Waals surface area contributed by atoms with Crippen molar-refractivity contribution in [3.05, 3.63) is 145 Å². The quantitative estimate of drug-likeness (QED) is 0.0362. The van der Waals surface area contributed by atoms with Gasteiger partial charge in [0, 0.05) is 44.1 Å². The van der Waals surface area contributed by atoms with Crippen LogP contribution in [0.1, 0.15) is 124 Å². The number of rotatable bonds is 28. The van der Waals surface area contributed by atoms with E-state index in [0.717, 1.165) is 28.5 Å². The summed E-state index contributed by atoms with van der Waals surface area (Å²) in [7, 11) is -5.68. The van der Waals surface area contributed by atoms with Crippen LogP contribution in [0.2, 0.25) is 36.3 Å². The molecule has 0 N–H and O–H groups in total. The number of hydrogen-bond acceptors (Lipinski definition) is 3. The Bertz CT molecular complexity index is 2290. The number of unbranched alkanes of at least 4 members (excludes halogenated alkanes) is 6. The Balaban J connectivity index is 1.48. The van der Waals surface area contributed by atoms with Crippen molar-refractivity contribution in [2.24, 2.45) is 0 Å². The topological polar surface area (TPSA) is 29.5 Å². The van der Waals surface area contributed by atoms with Crippen LogP contribution in [0.4, 0.5) is 0 Å². The Labute approximate surface area is 403 Å². The first-order valence-electron chi connectivity index (χ1n) is 26.0. The zero-order chi connectivity index (χ0) is 46.2. The van der Waals surface area contributed by atoms with Gasteiger partial charge in [0.25, 0.3) is 0 Å². The summed E-state index contributed by atoms with van der Waals surface area (Å²) < 4.78 is 15.9. The van der Waals surface area contributed by atoms with Gasteiger partial charge in [-0.25, -0.2) is 4.44 Å². The molecule has 0 aliphatic heterocycles. The Hall–Kier alpha value is -3.57. The molecule has 0 unspecified atom stereocenters. The highest BCUT2D eigenvalue weighted by molar-refractivity contribution is 7.85. The summed E-state index contributed by atoms with van der Waals surface area (Å²) in [6.07, 6.45) is 19.4. The monoisotopic (exact) mass is 952 g/mol. The van der Waals surface area contributed by atoms with Gasteiger partial charge in [0.05, 0.1) is 28.7 Å². The SMILES string of the molecule is CCCC[Si](CCCC)(CCCC)c1ccc(P(c2ccc([Si](CCCC)(CCCC)CCCC)cc2)N(Cc2ccccc2)P(c2cccc3ccoc23)c2cccc3ccoc23)cc1. The number of benzene rings is 5. The smallest absolute Gasteiger partial charge is 0.143 e. The van der Waals surface area contributed by atoms with Crippen molar-refractivity contribution in [2.75, 3.05) is 0 Å². The third-order valence-electron chi connectivity index (χ3n) is 14.5. The molecule has 5 aromatic carbocycles. The zero-order valence-electron chi connectivity index (χ0n) is 41.4. The van der Waals surface area contributed by atoms with E-state index in [4.69, 9.17) is 8.83 Å². The summed E-state index contributed by atoms with van der Waals surface area (Å²) in [6.45, 7) is 15.1. The molecule has 2 aromatic heterocycles. The minimum Gasteiger partial charge on any atom is -0.464 e. The molecule has 350 valence electrons. The molecule has 0 saturated carbocycles. The average molecular weight is 952 g/mol. The second-order valence-electron chi connectivity index (χ2n) is 19.1. The fourth-order valence-electron chi connectivity index (χ4n) is 10.7. The first-order valence-corrected chi connectivity index (χ1v) is 33.8. The van der Waals surface area contributed by atoms with E-state index in [1.165, 1.54) is 140 Å². The lowest BCUT2D eigenvalue weighted by atomic mass is 10.2. The molecule has 7 heteroatoms. The van der Waals surface area contributed by atoms with Crippen LogP contribution in [0.3, 0.4) is 0 Å². The van der Waals surface area contributed by atoms with Crippen LogP contribution in [0.15, 0.2) is 149 Å². The van der Waals surface area contributed by atoms with E-state index >= 15 is 0 Å². The maximum atomic E-state index is 6.51. The van der Waals surface area contributed by atoms with Gasteiger partial charge in [0.15, 0.2) is 0 Å². The van der Waals surface area contributed by atoms with Gasteiger partial charge in [-0.15, -0.1) is 0 Å². The van der Waals surface area contributed by atoms with E-state index in [9.17, 15) is 0 Å². The number of para-hydroxylation sites is 2. The number of fused-ring (bicyclic) bond motifs is 2. The van der Waals surface area contributed by atoms with Crippen molar-refractivity contribution in [3.63, 3.8) is 0 Å². The van der Waals surface area contributed by atoms with E-state index in [2.05, 4.69) is 173 Å². The maximum absolute atomic E-state index is 6.51. The third-order valence-corrected chi connectivity index (χ3v) is 31.0. The minimum atomic E-state index is -1.72. The second kappa shape index (κ2) is 25.2. The molecule has 0 bridgehead atoms. The fraction of sp³-hybridized carbons (Fsp3) is 0.424. The van der Waals surface area contributed by atoms with Crippen LogP contribution in [0.5, 0.6) is 0 Å². The molecule has 7 aromatic rings. The van der Waals surface area contributed by atoms with E-state index in [1.54, 1.807) is 10.4 Å². The summed E-state index contributed by atoms with van der Waals surface area (Å²) in [5, 5.41) is 11.0. The van der Waals surface area contributed by atoms with Gasteiger partial charge in [0.1, 0.15) is 11.2 Å². The summed E-state index contributed by atoms with van der Waals surface area (Å²) in [5.41, 5.74) is 3.27. The lowest BCUT2D eigenvalue weighted by Gasteiger charge is -2.40. The van der Waals surface area contributed by atoms with Gasteiger partial charge in [-0.2, -0.15) is 0 Å². The van der Waals surface area contributed by atoms with Crippen molar-refractivity contribution in [1.82, 2.24) is 4.44 Å². The Kier molecular flexibility index (Phi) is 19.2. The predicted molar refractivity (Wildman–Crippen MR) is 299 cm³/mol. The Morgan fingerprint density at radius 3 is 1.14 bits per heavy atom. The molecular formula is C59H79NO2P2Si2. The first-order chi connectivity index (χ1) is 32.4. The summed E-state index contributed by atoms with van der Waals surface area (Å²) in [6, 6.07) is 58.4. The van der Waals surface area contributed by atoms with Crippen LogP contribution in [0, 0.1) is 0 Å². The van der Waals surface area contributed by atoms with Crippen molar-refractivity contribution in [1.29, 1.82) is 0 Å². The van der Waals surface area contributed by atoms with Crippen molar-refractivity contribution < 1.29 is 8.83 Å². The predicted octanol–water partition coefficient (Wildman–Crippen LogP) is 16.2. The third kappa shape index (κ3) is 11.8. The van der Waals surface area contributed by atoms with Crippen molar-refractivity contribution >= 4 is 85.8 Å². The molecule has 2 heterocycles. The van der Waals surface area contributed by atoms with Crippen molar-refractivity contribution in [2.45, 2.75) is 161 Å². The standard InChI is InChI=1S/C59H79NO2P2Si2/c1-7-13-42-65(43-14-8-2,44-15-9-3)54-34-30-52(31-35-54)63(53-32-36-55(37-33-53)66(45-16-10-4,46-17-11-5)47-18-12-6)60(48-49-24-20-19-21-25-49)64(56-28-22-26-50-38-40-61-58(50)56)57-29-23-27-51-39-41-62-59(51)57/h19-41H,7-18,42-48H2,1-6H3. The lowest BCUT2D eigenvalue weighted by Crippen LogP contribution is -2.48. The molecule has 0 aliphatic rings. The van der Waals surface area contributed by atoms with Gasteiger partial charge in [-0.05, 0) is 40.4 Å². The molecule has 7 rings (SSSR count). The first kappa shape index (κ1) is 50.3. The van der Waals surface area contributed by atoms with Gasteiger partial charge in [-0.3, -0.25) is 0 Å². The van der Waals surface area contributed by atoms with Crippen LogP contribution in [-0.4, -0.2) is 20.6 Å². The molecule has 0 fully saturated rings. The number of nitrogens with zero attached hydrogens (tertiary/aromatic N) is 1. The van der Waals surface area contributed by atoms with Gasteiger partial charge in [-0.1, -0.05) is 268 Å². The van der Waals surface area contributed by atoms with Crippen molar-refractivity contribution in [3.8, 4) is 0 Å². The molecule has 0 aliphatic carbocycles. The minimum absolute atomic E-state index is 0.792. The average Bonchev–Trinajstić information content (AvgIpc) is 4.06. The Morgan fingerprint density at radius 1 is 0.394 bits per heavy atom. The van der Waals surface area contributed by atoms with Crippen LogP contribution < -0.4 is 31.6 Å². The molecule has 3 nitrogen and oxygen atoms in total. The highest BCUT2D eigenvalue weighted by Crippen LogP contribution is 2.57. The van der Waals surface area contributed by atoms with E-state index in [1.807, 2.05) is 12.5 Å².